The fourth-order valence-electron chi connectivity index (χ4n) is 5.49. The summed E-state index contributed by atoms with van der Waals surface area (Å²) in [6.07, 6.45) is -3.06. The van der Waals surface area contributed by atoms with Gasteiger partial charge >= 0.3 is 0 Å². The fourth-order valence-corrected chi connectivity index (χ4v) is 5.76. The van der Waals surface area contributed by atoms with E-state index in [9.17, 15) is 5.11 Å². The summed E-state index contributed by atoms with van der Waals surface area (Å²) in [6, 6.07) is 35.4. The van der Waals surface area contributed by atoms with Gasteiger partial charge in [0.1, 0.15) is 42.4 Å². The Hall–Kier alpha value is -3.34. The zero-order valence-corrected chi connectivity index (χ0v) is 27.5. The van der Waals surface area contributed by atoms with Crippen LogP contribution in [0.25, 0.3) is 0 Å². The first-order valence-electron chi connectivity index (χ1n) is 15.4. The third-order valence-electron chi connectivity index (χ3n) is 7.90. The summed E-state index contributed by atoms with van der Waals surface area (Å²) in [5.41, 5.74) is 3.89. The van der Waals surface area contributed by atoms with Gasteiger partial charge in [-0.3, -0.25) is 0 Å². The lowest BCUT2D eigenvalue weighted by molar-refractivity contribution is -0.280. The SMILES string of the molecule is C=CCO[C@@H]1[C@@H](O)[C@H](OCc2ccc(OC)cc2)[C@@H](OCc2ccccc2)[C@@H](OCc2ccc(Br)cc2)[C@H]1OCc1ccccc1. The number of methoxy groups -OCH3 is 1. The highest BCUT2D eigenvalue weighted by atomic mass is 79.9. The van der Waals surface area contributed by atoms with Gasteiger partial charge in [-0.2, -0.15) is 0 Å². The van der Waals surface area contributed by atoms with E-state index >= 15 is 0 Å². The Balaban J connectivity index is 1.48. The Bertz CT molecular complexity index is 1450. The highest BCUT2D eigenvalue weighted by Gasteiger charge is 2.54. The fraction of sp³-hybridized carbons (Fsp3) is 0.316. The second-order valence-electron chi connectivity index (χ2n) is 11.1. The molecule has 6 atom stereocenters. The second kappa shape index (κ2) is 17.5. The predicted octanol–water partition coefficient (Wildman–Crippen LogP) is 7.04. The lowest BCUT2D eigenvalue weighted by atomic mass is 9.83. The largest absolute Gasteiger partial charge is 0.497 e. The van der Waals surface area contributed by atoms with Crippen molar-refractivity contribution in [3.05, 3.63) is 149 Å². The maximum absolute atomic E-state index is 12.0. The number of hydrogen-bond donors (Lipinski definition) is 1. The third kappa shape index (κ3) is 9.36. The van der Waals surface area contributed by atoms with Gasteiger partial charge in [-0.05, 0) is 46.5 Å². The smallest absolute Gasteiger partial charge is 0.118 e. The molecule has 1 saturated carbocycles. The van der Waals surface area contributed by atoms with Crippen LogP contribution >= 0.6 is 15.9 Å². The van der Waals surface area contributed by atoms with Crippen LogP contribution in [0.15, 0.2) is 126 Å². The van der Waals surface area contributed by atoms with E-state index in [0.717, 1.165) is 32.5 Å². The highest BCUT2D eigenvalue weighted by Crippen LogP contribution is 2.34. The van der Waals surface area contributed by atoms with Gasteiger partial charge in [0.25, 0.3) is 0 Å². The van der Waals surface area contributed by atoms with Crippen molar-refractivity contribution >= 4 is 15.9 Å². The second-order valence-corrected chi connectivity index (χ2v) is 12.0. The molecule has 5 rings (SSSR count). The average Bonchev–Trinajstić information content (AvgIpc) is 3.10. The van der Waals surface area contributed by atoms with Crippen molar-refractivity contribution in [3.8, 4) is 5.75 Å². The first kappa shape index (κ1) is 34.0. The number of ether oxygens (including phenoxy) is 6. The summed E-state index contributed by atoms with van der Waals surface area (Å²) >= 11 is 3.51. The number of hydrogen-bond acceptors (Lipinski definition) is 7. The molecule has 0 bridgehead atoms. The first-order chi connectivity index (χ1) is 22.6. The quantitative estimate of drug-likeness (QED) is 0.127. The van der Waals surface area contributed by atoms with Crippen molar-refractivity contribution in [1.82, 2.24) is 0 Å². The molecule has 1 aliphatic carbocycles. The zero-order valence-electron chi connectivity index (χ0n) is 26.0. The zero-order chi connectivity index (χ0) is 32.1. The van der Waals surface area contributed by atoms with E-state index in [1.54, 1.807) is 13.2 Å². The summed E-state index contributed by atoms with van der Waals surface area (Å²) in [7, 11) is 1.63. The summed E-state index contributed by atoms with van der Waals surface area (Å²) in [6.45, 7) is 5.17. The van der Waals surface area contributed by atoms with Crippen LogP contribution in [-0.4, -0.2) is 55.4 Å². The molecule has 4 aromatic rings. The normalized spacial score (nSPS) is 22.8. The number of benzene rings is 4. The Labute approximate surface area is 279 Å². The van der Waals surface area contributed by atoms with E-state index in [2.05, 4.69) is 22.5 Å². The van der Waals surface area contributed by atoms with Gasteiger partial charge in [-0.1, -0.05) is 107 Å². The summed E-state index contributed by atoms with van der Waals surface area (Å²) in [5, 5.41) is 12.0. The molecule has 8 heteroatoms. The highest BCUT2D eigenvalue weighted by molar-refractivity contribution is 9.10. The first-order valence-corrected chi connectivity index (χ1v) is 16.2. The van der Waals surface area contributed by atoms with Crippen molar-refractivity contribution < 1.29 is 33.5 Å². The maximum Gasteiger partial charge on any atom is 0.118 e. The molecular formula is C38H41BrO7. The minimum atomic E-state index is -1.09. The Kier molecular flexibility index (Phi) is 13.0. The third-order valence-corrected chi connectivity index (χ3v) is 8.43. The van der Waals surface area contributed by atoms with Crippen molar-refractivity contribution in [3.63, 3.8) is 0 Å². The van der Waals surface area contributed by atoms with E-state index in [-0.39, 0.29) is 13.2 Å². The minimum Gasteiger partial charge on any atom is -0.497 e. The topological polar surface area (TPSA) is 75.6 Å². The van der Waals surface area contributed by atoms with E-state index in [1.807, 2.05) is 109 Å². The average molecular weight is 690 g/mol. The molecule has 0 radical (unpaired) electrons. The van der Waals surface area contributed by atoms with E-state index in [0.29, 0.717) is 19.8 Å². The van der Waals surface area contributed by atoms with Crippen LogP contribution in [0.1, 0.15) is 22.3 Å². The van der Waals surface area contributed by atoms with Crippen LogP contribution in [0, 0.1) is 0 Å². The van der Waals surface area contributed by atoms with Gasteiger partial charge in [0.15, 0.2) is 0 Å². The van der Waals surface area contributed by atoms with Crippen LogP contribution in [-0.2, 0) is 50.1 Å². The van der Waals surface area contributed by atoms with Gasteiger partial charge in [0.05, 0.1) is 40.1 Å². The minimum absolute atomic E-state index is 0.215. The molecule has 0 heterocycles. The standard InChI is InChI=1S/C38H41BrO7/c1-3-22-42-34-33(40)35(43-25-30-16-20-32(41-2)21-17-30)37(45-24-28-12-8-5-9-13-28)38(46-26-29-14-18-31(39)19-15-29)36(34)44-23-27-10-6-4-7-11-27/h3-21,33-38,40H,1,22-26H2,2H3/t33-,34-,35+,36+,37-,38+/m1/s1. The van der Waals surface area contributed by atoms with Crippen LogP contribution in [0.4, 0.5) is 0 Å². The maximum atomic E-state index is 12.0. The molecular weight excluding hydrogens is 648 g/mol. The number of halogens is 1. The van der Waals surface area contributed by atoms with Gasteiger partial charge < -0.3 is 33.5 Å². The van der Waals surface area contributed by atoms with Crippen molar-refractivity contribution in [2.75, 3.05) is 13.7 Å². The molecule has 1 fully saturated rings. The Morgan fingerprint density at radius 3 is 1.41 bits per heavy atom. The summed E-state index contributed by atoms with van der Waals surface area (Å²) < 4.78 is 39.0. The van der Waals surface area contributed by atoms with Crippen LogP contribution < -0.4 is 4.74 Å². The molecule has 1 aliphatic rings. The van der Waals surface area contributed by atoms with Crippen molar-refractivity contribution in [2.24, 2.45) is 0 Å². The lowest BCUT2D eigenvalue weighted by Gasteiger charge is -2.48. The van der Waals surface area contributed by atoms with Crippen molar-refractivity contribution in [2.45, 2.75) is 63.1 Å². The molecule has 0 aliphatic heterocycles. The molecule has 0 amide bonds. The number of rotatable bonds is 16. The molecule has 1 N–H and O–H groups in total. The van der Waals surface area contributed by atoms with Gasteiger partial charge in [-0.25, -0.2) is 0 Å². The predicted molar refractivity (Wildman–Crippen MR) is 180 cm³/mol. The van der Waals surface area contributed by atoms with Gasteiger partial charge in [0, 0.05) is 4.47 Å². The van der Waals surface area contributed by atoms with Gasteiger partial charge in [0.2, 0.25) is 0 Å². The van der Waals surface area contributed by atoms with Crippen LogP contribution in [0.3, 0.4) is 0 Å². The molecule has 0 aromatic heterocycles. The molecule has 0 spiro atoms. The van der Waals surface area contributed by atoms with Crippen molar-refractivity contribution in [1.29, 1.82) is 0 Å². The summed E-state index contributed by atoms with van der Waals surface area (Å²) in [4.78, 5) is 0. The van der Waals surface area contributed by atoms with E-state index in [1.165, 1.54) is 0 Å². The van der Waals surface area contributed by atoms with E-state index < -0.39 is 36.6 Å². The molecule has 0 unspecified atom stereocenters. The monoisotopic (exact) mass is 688 g/mol. The van der Waals surface area contributed by atoms with Crippen LogP contribution in [0.5, 0.6) is 5.75 Å². The number of aliphatic hydroxyl groups excluding tert-OH is 1. The summed E-state index contributed by atoms with van der Waals surface area (Å²) in [5.74, 6) is 0.753. The molecule has 7 nitrogen and oxygen atoms in total. The number of aliphatic hydroxyl groups is 1. The van der Waals surface area contributed by atoms with Gasteiger partial charge in [-0.15, -0.1) is 6.58 Å². The Morgan fingerprint density at radius 1 is 0.565 bits per heavy atom. The lowest BCUT2D eigenvalue weighted by Crippen LogP contribution is -2.66. The molecule has 242 valence electrons. The molecule has 46 heavy (non-hydrogen) atoms. The van der Waals surface area contributed by atoms with E-state index in [4.69, 9.17) is 28.4 Å². The molecule has 4 aromatic carbocycles. The van der Waals surface area contributed by atoms with Crippen LogP contribution in [0.2, 0.25) is 0 Å². The Morgan fingerprint density at radius 2 is 0.957 bits per heavy atom. The molecule has 0 saturated heterocycles.